The van der Waals surface area contributed by atoms with E-state index in [0.717, 1.165) is 11.8 Å². The first kappa shape index (κ1) is 16.5. The first-order chi connectivity index (χ1) is 10.5. The molecule has 0 spiro atoms. The molecule has 0 bridgehead atoms. The molecule has 118 valence electrons. The number of thioether (sulfide) groups is 1. The summed E-state index contributed by atoms with van der Waals surface area (Å²) < 4.78 is 2.14. The summed E-state index contributed by atoms with van der Waals surface area (Å²) in [6, 6.07) is 1.22. The van der Waals surface area contributed by atoms with Crippen LogP contribution in [-0.2, 0) is 11.3 Å². The summed E-state index contributed by atoms with van der Waals surface area (Å²) in [6.45, 7) is 3.97. The van der Waals surface area contributed by atoms with Crippen molar-refractivity contribution in [3.63, 3.8) is 0 Å². The standard InChI is InChI=1S/C13H16N4O3S2/c1-4-17-11(19)9-8(5-6-21-9)15-13(17)22-7(2)10(18)16-12(20)14-3/h5-7H,4H2,1-3H3,(H2,14,16,18,20). The molecular formula is C13H16N4O3S2. The minimum absolute atomic E-state index is 0.107. The van der Waals surface area contributed by atoms with Gasteiger partial charge in [-0.15, -0.1) is 11.3 Å². The van der Waals surface area contributed by atoms with E-state index in [4.69, 9.17) is 0 Å². The lowest BCUT2D eigenvalue weighted by molar-refractivity contribution is -0.119. The molecule has 0 saturated carbocycles. The number of nitrogens with one attached hydrogen (secondary N) is 2. The van der Waals surface area contributed by atoms with E-state index in [1.54, 1.807) is 13.0 Å². The van der Waals surface area contributed by atoms with Crippen LogP contribution >= 0.6 is 23.1 Å². The summed E-state index contributed by atoms with van der Waals surface area (Å²) in [5.74, 6) is -0.438. The Bertz CT molecular complexity index is 768. The van der Waals surface area contributed by atoms with Gasteiger partial charge in [0.2, 0.25) is 5.91 Å². The van der Waals surface area contributed by atoms with Gasteiger partial charge in [0.15, 0.2) is 5.16 Å². The zero-order valence-corrected chi connectivity index (χ0v) is 14.0. The molecule has 2 rings (SSSR count). The van der Waals surface area contributed by atoms with Gasteiger partial charge in [-0.05, 0) is 25.3 Å². The van der Waals surface area contributed by atoms with Gasteiger partial charge in [0.25, 0.3) is 5.56 Å². The summed E-state index contributed by atoms with van der Waals surface area (Å²) in [6.07, 6.45) is 0. The summed E-state index contributed by atoms with van der Waals surface area (Å²) in [5, 5.41) is 6.26. The monoisotopic (exact) mass is 340 g/mol. The molecule has 0 aliphatic heterocycles. The van der Waals surface area contributed by atoms with E-state index >= 15 is 0 Å². The molecule has 0 saturated heterocycles. The molecule has 1 atom stereocenters. The van der Waals surface area contributed by atoms with Crippen LogP contribution in [0.3, 0.4) is 0 Å². The Kier molecular flexibility index (Phi) is 5.19. The fraction of sp³-hybridized carbons (Fsp3) is 0.385. The number of urea groups is 1. The molecule has 9 heteroatoms. The third kappa shape index (κ3) is 3.30. The number of aromatic nitrogens is 2. The molecule has 1 unspecified atom stereocenters. The van der Waals surface area contributed by atoms with Gasteiger partial charge in [-0.25, -0.2) is 9.78 Å². The van der Waals surface area contributed by atoms with E-state index in [1.165, 1.54) is 23.0 Å². The summed E-state index contributed by atoms with van der Waals surface area (Å²) in [4.78, 5) is 39.9. The molecule has 2 heterocycles. The van der Waals surface area contributed by atoms with Crippen molar-refractivity contribution in [1.82, 2.24) is 20.2 Å². The third-order valence-electron chi connectivity index (χ3n) is 2.96. The van der Waals surface area contributed by atoms with Crippen molar-refractivity contribution >= 4 is 45.3 Å². The summed E-state index contributed by atoms with van der Waals surface area (Å²) in [5.41, 5.74) is 0.519. The smallest absolute Gasteiger partial charge is 0.321 e. The highest BCUT2D eigenvalue weighted by Crippen LogP contribution is 2.24. The highest BCUT2D eigenvalue weighted by atomic mass is 32.2. The van der Waals surface area contributed by atoms with Crippen LogP contribution in [0, 0.1) is 0 Å². The normalized spacial score (nSPS) is 12.1. The number of carbonyl (C=O) groups excluding carboxylic acids is 2. The van der Waals surface area contributed by atoms with Gasteiger partial charge in [-0.1, -0.05) is 11.8 Å². The zero-order valence-electron chi connectivity index (χ0n) is 12.4. The van der Waals surface area contributed by atoms with E-state index in [1.807, 2.05) is 12.3 Å². The summed E-state index contributed by atoms with van der Waals surface area (Å²) >= 11 is 2.50. The molecule has 0 fully saturated rings. The SMILES string of the molecule is CCn1c(SC(C)C(=O)NC(=O)NC)nc2ccsc2c1=O. The van der Waals surface area contributed by atoms with Gasteiger partial charge < -0.3 is 5.32 Å². The molecule has 3 amide bonds. The molecule has 0 aliphatic carbocycles. The van der Waals surface area contributed by atoms with Crippen LogP contribution in [0.25, 0.3) is 10.2 Å². The van der Waals surface area contributed by atoms with E-state index in [2.05, 4.69) is 15.6 Å². The van der Waals surface area contributed by atoms with Crippen molar-refractivity contribution in [2.24, 2.45) is 0 Å². The number of rotatable bonds is 4. The highest BCUT2D eigenvalue weighted by molar-refractivity contribution is 8.00. The van der Waals surface area contributed by atoms with Crippen molar-refractivity contribution in [2.45, 2.75) is 30.8 Å². The van der Waals surface area contributed by atoms with E-state index in [-0.39, 0.29) is 5.56 Å². The molecule has 22 heavy (non-hydrogen) atoms. The zero-order chi connectivity index (χ0) is 16.3. The number of nitrogens with zero attached hydrogens (tertiary/aromatic N) is 2. The van der Waals surface area contributed by atoms with Crippen LogP contribution < -0.4 is 16.2 Å². The van der Waals surface area contributed by atoms with E-state index < -0.39 is 17.2 Å². The van der Waals surface area contributed by atoms with Crippen LogP contribution in [0.15, 0.2) is 21.4 Å². The van der Waals surface area contributed by atoms with Gasteiger partial charge >= 0.3 is 6.03 Å². The van der Waals surface area contributed by atoms with Gasteiger partial charge in [-0.2, -0.15) is 0 Å². The minimum atomic E-state index is -0.563. The average molecular weight is 340 g/mol. The lowest BCUT2D eigenvalue weighted by Gasteiger charge is -2.14. The predicted molar refractivity (Wildman–Crippen MR) is 87.5 cm³/mol. The van der Waals surface area contributed by atoms with Gasteiger partial charge in [-0.3, -0.25) is 19.5 Å². The number of fused-ring (bicyclic) bond motifs is 1. The molecule has 0 aromatic carbocycles. The van der Waals surface area contributed by atoms with E-state index in [0.29, 0.717) is 21.9 Å². The van der Waals surface area contributed by atoms with Gasteiger partial charge in [0.05, 0.1) is 10.8 Å². The second-order valence-corrected chi connectivity index (χ2v) is 6.63. The lowest BCUT2D eigenvalue weighted by Crippen LogP contribution is -2.41. The Morgan fingerprint density at radius 2 is 2.23 bits per heavy atom. The largest absolute Gasteiger partial charge is 0.341 e. The molecule has 0 radical (unpaired) electrons. The summed E-state index contributed by atoms with van der Waals surface area (Å²) in [7, 11) is 1.43. The quantitative estimate of drug-likeness (QED) is 0.648. The highest BCUT2D eigenvalue weighted by Gasteiger charge is 2.20. The Morgan fingerprint density at radius 1 is 1.50 bits per heavy atom. The second-order valence-electron chi connectivity index (χ2n) is 4.41. The Morgan fingerprint density at radius 3 is 2.86 bits per heavy atom. The topological polar surface area (TPSA) is 93.1 Å². The van der Waals surface area contributed by atoms with Gasteiger partial charge in [0, 0.05) is 13.6 Å². The van der Waals surface area contributed by atoms with Crippen LogP contribution in [0.5, 0.6) is 0 Å². The number of carbonyl (C=O) groups is 2. The number of hydrogen-bond donors (Lipinski definition) is 2. The van der Waals surface area contributed by atoms with E-state index in [9.17, 15) is 14.4 Å². The number of hydrogen-bond acceptors (Lipinski definition) is 6. The van der Waals surface area contributed by atoms with Crippen molar-refractivity contribution in [2.75, 3.05) is 7.05 Å². The Hall–Kier alpha value is -1.87. The number of thiophene rings is 1. The predicted octanol–water partition coefficient (Wildman–Crippen LogP) is 1.41. The molecular weight excluding hydrogens is 324 g/mol. The molecule has 2 aromatic rings. The third-order valence-corrected chi connectivity index (χ3v) is 4.94. The average Bonchev–Trinajstić information content (AvgIpc) is 2.95. The number of amides is 3. The maximum absolute atomic E-state index is 12.4. The Labute approximate surface area is 135 Å². The van der Waals surface area contributed by atoms with Crippen LogP contribution in [0.4, 0.5) is 4.79 Å². The van der Waals surface area contributed by atoms with Crippen molar-refractivity contribution in [3.05, 3.63) is 21.8 Å². The van der Waals surface area contributed by atoms with Crippen LogP contribution in [0.1, 0.15) is 13.8 Å². The van der Waals surface area contributed by atoms with Crippen molar-refractivity contribution in [3.8, 4) is 0 Å². The molecule has 0 aliphatic rings. The van der Waals surface area contributed by atoms with Gasteiger partial charge in [0.1, 0.15) is 4.70 Å². The number of imide groups is 1. The fourth-order valence-corrected chi connectivity index (χ4v) is 3.53. The fourth-order valence-electron chi connectivity index (χ4n) is 1.78. The maximum Gasteiger partial charge on any atom is 0.321 e. The van der Waals surface area contributed by atoms with Crippen LogP contribution in [0.2, 0.25) is 0 Å². The minimum Gasteiger partial charge on any atom is -0.341 e. The Balaban J connectivity index is 2.28. The van der Waals surface area contributed by atoms with Crippen molar-refractivity contribution < 1.29 is 9.59 Å². The van der Waals surface area contributed by atoms with Crippen molar-refractivity contribution in [1.29, 1.82) is 0 Å². The second kappa shape index (κ2) is 6.93. The molecule has 7 nitrogen and oxygen atoms in total. The van der Waals surface area contributed by atoms with Crippen LogP contribution in [-0.4, -0.2) is 33.8 Å². The molecule has 2 N–H and O–H groups in total. The lowest BCUT2D eigenvalue weighted by atomic mass is 10.4. The first-order valence-electron chi connectivity index (χ1n) is 6.65. The first-order valence-corrected chi connectivity index (χ1v) is 8.41. The maximum atomic E-state index is 12.4. The molecule has 2 aromatic heterocycles.